The van der Waals surface area contributed by atoms with Gasteiger partial charge in [-0.15, -0.1) is 9.42 Å². The van der Waals surface area contributed by atoms with Crippen LogP contribution in [-0.4, -0.2) is 113 Å². The third kappa shape index (κ3) is 6.38. The minimum absolute atomic E-state index is 0.200. The zero-order valence-electron chi connectivity index (χ0n) is 18.5. The van der Waals surface area contributed by atoms with Crippen LogP contribution in [0.15, 0.2) is 12.7 Å². The Morgan fingerprint density at radius 3 is 2.48 bits per heavy atom. The second-order valence-electron chi connectivity index (χ2n) is 7.30. The van der Waals surface area contributed by atoms with E-state index >= 15 is 0 Å². The largest absolute Gasteiger partial charge is 0.695 e. The highest BCUT2D eigenvalue weighted by Gasteiger charge is 2.51. The molecule has 184 valence electrons. The van der Waals surface area contributed by atoms with Crippen LogP contribution in [-0.2, 0) is 28.0 Å². The van der Waals surface area contributed by atoms with Crippen molar-refractivity contribution in [3.05, 3.63) is 12.7 Å². The Bertz CT molecular complexity index is 896. The number of imidazole rings is 1. The molecule has 1 aliphatic heterocycles. The zero-order chi connectivity index (χ0) is 23.8. The third-order valence-corrected chi connectivity index (χ3v) is 5.70. The highest BCUT2D eigenvalue weighted by Crippen LogP contribution is 2.38. The van der Waals surface area contributed by atoms with E-state index in [1.165, 1.54) is 12.7 Å². The normalized spacial score (nSPS) is 23.6. The van der Waals surface area contributed by atoms with Gasteiger partial charge in [0, 0.05) is 38.4 Å². The number of nitrogens with two attached hydrogens (primary N) is 1. The van der Waals surface area contributed by atoms with E-state index in [2.05, 4.69) is 19.9 Å². The summed E-state index contributed by atoms with van der Waals surface area (Å²) in [6, 6.07) is 0. The van der Waals surface area contributed by atoms with Crippen LogP contribution in [0.3, 0.4) is 0 Å². The molecule has 0 aromatic carbocycles. The number of ether oxygens (including phenoxy) is 4. The smallest absolute Gasteiger partial charge is 0.394 e. The Labute approximate surface area is 191 Å². The maximum atomic E-state index is 11.5. The molecule has 15 heteroatoms. The molecule has 2 aromatic rings. The van der Waals surface area contributed by atoms with Crippen molar-refractivity contribution in [2.45, 2.75) is 24.5 Å². The van der Waals surface area contributed by atoms with Crippen molar-refractivity contribution in [2.24, 2.45) is 0 Å². The minimum Gasteiger partial charge on any atom is -0.394 e. The Morgan fingerprint density at radius 1 is 1.15 bits per heavy atom. The number of nitrogens with zero attached hydrogens (tertiary/aromatic N) is 5. The molecular formula is C18H30N6O8P+. The molecule has 3 rings (SSSR count). The highest BCUT2D eigenvalue weighted by atomic mass is 31.1. The van der Waals surface area contributed by atoms with Crippen LogP contribution in [0.2, 0.25) is 0 Å². The first-order chi connectivity index (χ1) is 16.0. The lowest BCUT2D eigenvalue weighted by Gasteiger charge is -2.25. The number of hydrogen-bond donors (Lipinski definition) is 3. The Hall–Kier alpha value is -1.87. The Morgan fingerprint density at radius 2 is 1.85 bits per heavy atom. The number of methoxy groups -OCH3 is 2. The maximum Gasteiger partial charge on any atom is 0.695 e. The summed E-state index contributed by atoms with van der Waals surface area (Å²) in [5, 5.41) is 9.80. The SMILES string of the molecule is COCCN(CCOC)CCO[C@H]1C(O[P+](=O)O)[C@@H](CO)O[C@H]1n1cnc2c(N)ncnc21. The van der Waals surface area contributed by atoms with E-state index in [9.17, 15) is 14.6 Å². The second kappa shape index (κ2) is 12.6. The average molecular weight is 489 g/mol. The summed E-state index contributed by atoms with van der Waals surface area (Å²) in [6.07, 6.45) is -0.818. The van der Waals surface area contributed by atoms with Crippen LogP contribution in [0, 0.1) is 0 Å². The van der Waals surface area contributed by atoms with E-state index < -0.39 is 39.4 Å². The number of aliphatic hydroxyl groups excluding tert-OH is 1. The monoisotopic (exact) mass is 489 g/mol. The molecular weight excluding hydrogens is 459 g/mol. The summed E-state index contributed by atoms with van der Waals surface area (Å²) in [4.78, 5) is 23.9. The topological polar surface area (TPSA) is 177 Å². The van der Waals surface area contributed by atoms with Gasteiger partial charge in [-0.05, 0) is 0 Å². The molecule has 2 unspecified atom stereocenters. The van der Waals surface area contributed by atoms with Crippen LogP contribution in [0.4, 0.5) is 5.82 Å². The summed E-state index contributed by atoms with van der Waals surface area (Å²) in [5.41, 5.74) is 6.66. The molecule has 2 aromatic heterocycles. The van der Waals surface area contributed by atoms with Gasteiger partial charge in [-0.3, -0.25) is 9.47 Å². The van der Waals surface area contributed by atoms with E-state index in [0.717, 1.165) is 0 Å². The van der Waals surface area contributed by atoms with Crippen LogP contribution in [0.1, 0.15) is 6.23 Å². The van der Waals surface area contributed by atoms with Crippen LogP contribution in [0.5, 0.6) is 0 Å². The third-order valence-electron chi connectivity index (χ3n) is 5.28. The van der Waals surface area contributed by atoms with E-state index in [-0.39, 0.29) is 12.4 Å². The molecule has 0 spiro atoms. The van der Waals surface area contributed by atoms with Gasteiger partial charge in [0.1, 0.15) is 24.1 Å². The Balaban J connectivity index is 1.80. The molecule has 1 saturated heterocycles. The summed E-state index contributed by atoms with van der Waals surface area (Å²) < 4.78 is 40.6. The first-order valence-corrected chi connectivity index (χ1v) is 11.5. The first kappa shape index (κ1) is 25.7. The van der Waals surface area contributed by atoms with Gasteiger partial charge in [-0.25, -0.2) is 15.0 Å². The minimum atomic E-state index is -2.97. The number of aromatic nitrogens is 4. The van der Waals surface area contributed by atoms with Crippen molar-refractivity contribution < 1.29 is 38.0 Å². The summed E-state index contributed by atoms with van der Waals surface area (Å²) in [7, 11) is 0.293. The van der Waals surface area contributed by atoms with Gasteiger partial charge < -0.3 is 29.8 Å². The molecule has 1 fully saturated rings. The van der Waals surface area contributed by atoms with Gasteiger partial charge in [0.2, 0.25) is 0 Å². The van der Waals surface area contributed by atoms with Crippen LogP contribution < -0.4 is 5.73 Å². The van der Waals surface area contributed by atoms with Crippen molar-refractivity contribution in [1.82, 2.24) is 24.4 Å². The summed E-state index contributed by atoms with van der Waals surface area (Å²) in [5.74, 6) is 0.200. The molecule has 4 N–H and O–H groups in total. The quantitative estimate of drug-likeness (QED) is 0.285. The highest BCUT2D eigenvalue weighted by molar-refractivity contribution is 7.32. The fourth-order valence-corrected chi connectivity index (χ4v) is 4.10. The van der Waals surface area contributed by atoms with Gasteiger partial charge in [0.15, 0.2) is 23.8 Å². The fraction of sp³-hybridized carbons (Fsp3) is 0.722. The summed E-state index contributed by atoms with van der Waals surface area (Å²) >= 11 is 0. The molecule has 0 aliphatic carbocycles. The molecule has 5 atom stereocenters. The predicted octanol–water partition coefficient (Wildman–Crippen LogP) is -0.687. The zero-order valence-corrected chi connectivity index (χ0v) is 19.4. The van der Waals surface area contributed by atoms with Gasteiger partial charge in [-0.2, -0.15) is 0 Å². The van der Waals surface area contributed by atoms with Gasteiger partial charge >= 0.3 is 8.25 Å². The number of fused-ring (bicyclic) bond motifs is 1. The lowest BCUT2D eigenvalue weighted by atomic mass is 10.1. The first-order valence-electron chi connectivity index (χ1n) is 10.3. The van der Waals surface area contributed by atoms with Crippen LogP contribution in [0.25, 0.3) is 11.2 Å². The lowest BCUT2D eigenvalue weighted by Crippen LogP contribution is -2.39. The van der Waals surface area contributed by atoms with Gasteiger partial charge in [0.05, 0.1) is 32.8 Å². The standard InChI is InChI=1S/C18H29N6O8P/c1-28-6-3-23(4-7-29-2)5-8-30-15-14(32-33(26)27)12(9-25)31-18(15)24-11-22-13-16(19)20-10-21-17(13)24/h10-12,14-15,18,25H,3-9H2,1-2H3,(H2-,19,20,21,26,27)/p+1/t12-,14?,15+,18-/m1/s1. The molecule has 33 heavy (non-hydrogen) atoms. The van der Waals surface area contributed by atoms with Crippen molar-refractivity contribution in [2.75, 3.05) is 66.0 Å². The molecule has 1 aliphatic rings. The second-order valence-corrected chi connectivity index (χ2v) is 7.99. The number of anilines is 1. The van der Waals surface area contributed by atoms with E-state index in [4.69, 9.17) is 29.2 Å². The molecule has 14 nitrogen and oxygen atoms in total. The molecule has 0 radical (unpaired) electrons. The van der Waals surface area contributed by atoms with Crippen molar-refractivity contribution >= 4 is 25.2 Å². The molecule has 0 saturated carbocycles. The van der Waals surface area contributed by atoms with Crippen LogP contribution >= 0.6 is 8.25 Å². The number of nitrogen functional groups attached to an aromatic ring is 1. The number of aliphatic hydroxyl groups is 1. The van der Waals surface area contributed by atoms with Gasteiger partial charge in [0.25, 0.3) is 0 Å². The van der Waals surface area contributed by atoms with E-state index in [1.54, 1.807) is 18.8 Å². The maximum absolute atomic E-state index is 11.5. The predicted molar refractivity (Wildman–Crippen MR) is 115 cm³/mol. The van der Waals surface area contributed by atoms with Gasteiger partial charge in [-0.1, -0.05) is 0 Å². The summed E-state index contributed by atoms with van der Waals surface area (Å²) in [6.45, 7) is 2.80. The Kier molecular flexibility index (Phi) is 9.79. The van der Waals surface area contributed by atoms with Crippen molar-refractivity contribution in [3.63, 3.8) is 0 Å². The molecule has 0 bridgehead atoms. The molecule has 0 amide bonds. The van der Waals surface area contributed by atoms with Crippen molar-refractivity contribution in [3.8, 4) is 0 Å². The van der Waals surface area contributed by atoms with E-state index in [1.807, 2.05) is 0 Å². The number of rotatable bonds is 14. The number of hydrogen-bond acceptors (Lipinski definition) is 12. The molecule has 3 heterocycles. The lowest BCUT2D eigenvalue weighted by molar-refractivity contribution is -0.0735. The van der Waals surface area contributed by atoms with E-state index in [0.29, 0.717) is 44.0 Å². The average Bonchev–Trinajstić information content (AvgIpc) is 3.37. The van der Waals surface area contributed by atoms with Crippen molar-refractivity contribution in [1.29, 1.82) is 0 Å². The fourth-order valence-electron chi connectivity index (χ4n) is 3.64.